The number of carboxylic acids is 1. The van der Waals surface area contributed by atoms with E-state index in [2.05, 4.69) is 27.9 Å². The molecular weight excluding hydrogens is 566 g/mol. The first-order valence-electron chi connectivity index (χ1n) is 9.43. The Hall–Kier alpha value is -2.62. The minimum Gasteiger partial charge on any atom is -0.479 e. The molecule has 3 aromatic rings. The van der Waals surface area contributed by atoms with Gasteiger partial charge in [0.2, 0.25) is 0 Å². The molecular formula is C23H15Cl2IN2O4. The maximum absolute atomic E-state index is 13.8. The summed E-state index contributed by atoms with van der Waals surface area (Å²) in [6.07, 6.45) is 0. The van der Waals surface area contributed by atoms with Gasteiger partial charge in [-0.2, -0.15) is 0 Å². The monoisotopic (exact) mass is 580 g/mol. The van der Waals surface area contributed by atoms with E-state index < -0.39 is 29.9 Å². The van der Waals surface area contributed by atoms with Gasteiger partial charge in [-0.1, -0.05) is 47.5 Å². The molecule has 0 radical (unpaired) electrons. The molecule has 1 aliphatic rings. The van der Waals surface area contributed by atoms with Crippen molar-refractivity contribution in [3.8, 4) is 0 Å². The molecule has 0 bridgehead atoms. The number of hydrogen-bond acceptors (Lipinski definition) is 3. The summed E-state index contributed by atoms with van der Waals surface area (Å²) in [6, 6.07) is 14.9. The number of hydrogen-bond donors (Lipinski definition) is 2. The smallest absolute Gasteiger partial charge is 0.331 e. The second-order valence-corrected chi connectivity index (χ2v) is 9.26. The largest absolute Gasteiger partial charge is 0.479 e. The first-order valence-corrected chi connectivity index (χ1v) is 11.3. The summed E-state index contributed by atoms with van der Waals surface area (Å²) >= 11 is 14.0. The summed E-state index contributed by atoms with van der Waals surface area (Å²) < 4.78 is 0.771. The lowest BCUT2D eigenvalue weighted by Gasteiger charge is -2.34. The Balaban J connectivity index is 1.95. The molecule has 1 aliphatic heterocycles. The van der Waals surface area contributed by atoms with Crippen LogP contribution in [0.4, 0.5) is 5.69 Å². The summed E-state index contributed by atoms with van der Waals surface area (Å²) in [7, 11) is 0. The zero-order valence-electron chi connectivity index (χ0n) is 16.3. The predicted octanol–water partition coefficient (Wildman–Crippen LogP) is 5.56. The number of benzene rings is 3. The lowest BCUT2D eigenvalue weighted by Crippen LogP contribution is -2.44. The van der Waals surface area contributed by atoms with Gasteiger partial charge < -0.3 is 15.3 Å². The number of anilines is 1. The van der Waals surface area contributed by atoms with Crippen molar-refractivity contribution in [1.29, 1.82) is 0 Å². The molecule has 2 amide bonds. The van der Waals surface area contributed by atoms with Crippen LogP contribution >= 0.6 is 45.8 Å². The summed E-state index contributed by atoms with van der Waals surface area (Å²) in [4.78, 5) is 40.7. The van der Waals surface area contributed by atoms with Gasteiger partial charge in [-0.05, 0) is 76.2 Å². The highest BCUT2D eigenvalue weighted by Crippen LogP contribution is 2.38. The maximum atomic E-state index is 13.8. The number of carbonyl (C=O) groups is 3. The van der Waals surface area contributed by atoms with Crippen molar-refractivity contribution < 1.29 is 19.5 Å². The Labute approximate surface area is 207 Å². The van der Waals surface area contributed by atoms with E-state index in [0.29, 0.717) is 26.9 Å². The maximum Gasteiger partial charge on any atom is 0.331 e. The molecule has 9 heteroatoms. The van der Waals surface area contributed by atoms with E-state index >= 15 is 0 Å². The molecule has 6 nitrogen and oxygen atoms in total. The second kappa shape index (κ2) is 9.09. The second-order valence-electron chi connectivity index (χ2n) is 7.14. The zero-order valence-corrected chi connectivity index (χ0v) is 19.9. The predicted molar refractivity (Wildman–Crippen MR) is 130 cm³/mol. The Morgan fingerprint density at radius 3 is 2.16 bits per heavy atom. The first kappa shape index (κ1) is 22.6. The van der Waals surface area contributed by atoms with Crippen LogP contribution in [0.5, 0.6) is 0 Å². The minimum atomic E-state index is -1.44. The Bertz CT molecular complexity index is 1220. The molecule has 0 saturated heterocycles. The van der Waals surface area contributed by atoms with Crippen molar-refractivity contribution in [2.24, 2.45) is 0 Å². The van der Waals surface area contributed by atoms with Crippen LogP contribution in [-0.4, -0.2) is 27.8 Å². The average molecular weight is 581 g/mol. The Morgan fingerprint density at radius 1 is 0.969 bits per heavy atom. The van der Waals surface area contributed by atoms with Gasteiger partial charge in [0.1, 0.15) is 6.04 Å². The number of amides is 2. The molecule has 0 aliphatic carbocycles. The standard InChI is InChI=1S/C23H15Cl2IN2O4/c24-14-5-1-12(2-6-14)19-21(29)27-18-10-9-16(26)11-17(18)22(30)28(19)20(23(31)32)13-3-7-15(25)8-4-13/h1-11,19-20H,(H,27,29)(H,31,32)/t19-,20-/m0/s1. The summed E-state index contributed by atoms with van der Waals surface area (Å²) in [5.41, 5.74) is 1.28. The fraction of sp³-hybridized carbons (Fsp3) is 0.0870. The average Bonchev–Trinajstić information content (AvgIpc) is 2.85. The van der Waals surface area contributed by atoms with Crippen LogP contribution in [0.3, 0.4) is 0 Å². The molecule has 0 spiro atoms. The van der Waals surface area contributed by atoms with E-state index in [1.165, 1.54) is 12.1 Å². The third kappa shape index (κ3) is 4.32. The quantitative estimate of drug-likeness (QED) is 0.396. The number of carboxylic acid groups (broad SMARTS) is 1. The Kier molecular flexibility index (Phi) is 6.41. The van der Waals surface area contributed by atoms with E-state index in [9.17, 15) is 19.5 Å². The minimum absolute atomic E-state index is 0.210. The molecule has 4 rings (SSSR count). The third-order valence-electron chi connectivity index (χ3n) is 5.11. The molecule has 0 aromatic heterocycles. The number of rotatable bonds is 4. The topological polar surface area (TPSA) is 86.7 Å². The number of aliphatic carboxylic acids is 1. The van der Waals surface area contributed by atoms with Crippen LogP contribution in [0.1, 0.15) is 33.6 Å². The SMILES string of the molecule is O=C(O)[C@H](c1ccc(Cl)cc1)N1C(=O)c2cc(I)ccc2NC(=O)[C@@H]1c1ccc(Cl)cc1. The first-order chi connectivity index (χ1) is 15.3. The van der Waals surface area contributed by atoms with Crippen molar-refractivity contribution in [3.63, 3.8) is 0 Å². The molecule has 0 fully saturated rings. The van der Waals surface area contributed by atoms with Crippen molar-refractivity contribution >= 4 is 69.3 Å². The van der Waals surface area contributed by atoms with Gasteiger partial charge in [-0.25, -0.2) is 4.79 Å². The molecule has 1 heterocycles. The molecule has 2 atom stereocenters. The van der Waals surface area contributed by atoms with Crippen LogP contribution in [0.15, 0.2) is 66.7 Å². The zero-order chi connectivity index (χ0) is 23.0. The van der Waals surface area contributed by atoms with Crippen molar-refractivity contribution in [2.75, 3.05) is 5.32 Å². The lowest BCUT2D eigenvalue weighted by molar-refractivity contribution is -0.144. The van der Waals surface area contributed by atoms with Gasteiger partial charge in [-0.15, -0.1) is 0 Å². The molecule has 162 valence electrons. The van der Waals surface area contributed by atoms with Crippen LogP contribution in [0.2, 0.25) is 10.0 Å². The van der Waals surface area contributed by atoms with E-state index in [1.54, 1.807) is 54.6 Å². The van der Waals surface area contributed by atoms with E-state index in [-0.39, 0.29) is 5.56 Å². The Morgan fingerprint density at radius 2 is 1.56 bits per heavy atom. The summed E-state index contributed by atoms with van der Waals surface area (Å²) in [6.45, 7) is 0. The fourth-order valence-corrected chi connectivity index (χ4v) is 4.42. The van der Waals surface area contributed by atoms with Gasteiger partial charge in [0.15, 0.2) is 6.04 Å². The van der Waals surface area contributed by atoms with E-state index in [4.69, 9.17) is 23.2 Å². The van der Waals surface area contributed by atoms with Crippen LogP contribution < -0.4 is 5.32 Å². The van der Waals surface area contributed by atoms with Gasteiger partial charge in [0.05, 0.1) is 11.3 Å². The number of nitrogens with one attached hydrogen (secondary N) is 1. The van der Waals surface area contributed by atoms with Crippen LogP contribution in [-0.2, 0) is 9.59 Å². The van der Waals surface area contributed by atoms with Crippen LogP contribution in [0, 0.1) is 3.57 Å². The third-order valence-corrected chi connectivity index (χ3v) is 6.29. The highest BCUT2D eigenvalue weighted by molar-refractivity contribution is 14.1. The van der Waals surface area contributed by atoms with Crippen LogP contribution in [0.25, 0.3) is 0 Å². The summed E-state index contributed by atoms with van der Waals surface area (Å²) in [5, 5.41) is 13.8. The number of nitrogens with zero attached hydrogens (tertiary/aromatic N) is 1. The molecule has 32 heavy (non-hydrogen) atoms. The molecule has 0 unspecified atom stereocenters. The molecule has 2 N–H and O–H groups in total. The molecule has 0 saturated carbocycles. The normalized spacial score (nSPS) is 16.7. The number of halogens is 3. The van der Waals surface area contributed by atoms with Gasteiger partial charge in [-0.3, -0.25) is 9.59 Å². The van der Waals surface area contributed by atoms with Crippen molar-refractivity contribution in [1.82, 2.24) is 4.90 Å². The van der Waals surface area contributed by atoms with Crippen molar-refractivity contribution in [3.05, 3.63) is 97.0 Å². The van der Waals surface area contributed by atoms with Gasteiger partial charge in [0.25, 0.3) is 11.8 Å². The van der Waals surface area contributed by atoms with Gasteiger partial charge in [0, 0.05) is 13.6 Å². The highest BCUT2D eigenvalue weighted by atomic mass is 127. The number of fused-ring (bicyclic) bond motifs is 1. The van der Waals surface area contributed by atoms with E-state index in [1.807, 2.05) is 0 Å². The van der Waals surface area contributed by atoms with E-state index in [0.717, 1.165) is 8.47 Å². The van der Waals surface area contributed by atoms with Gasteiger partial charge >= 0.3 is 5.97 Å². The highest BCUT2D eigenvalue weighted by Gasteiger charge is 2.43. The molecule has 3 aromatic carbocycles. The van der Waals surface area contributed by atoms with Crippen molar-refractivity contribution in [2.45, 2.75) is 12.1 Å². The lowest BCUT2D eigenvalue weighted by atomic mass is 9.98. The summed E-state index contributed by atoms with van der Waals surface area (Å²) in [5.74, 6) is -2.39. The number of carbonyl (C=O) groups excluding carboxylic acids is 2. The fourth-order valence-electron chi connectivity index (χ4n) is 3.68.